The van der Waals surface area contributed by atoms with E-state index in [2.05, 4.69) is 16.0 Å². The van der Waals surface area contributed by atoms with E-state index in [4.69, 9.17) is 5.26 Å². The summed E-state index contributed by atoms with van der Waals surface area (Å²) in [6.45, 7) is 2.99. The van der Waals surface area contributed by atoms with Gasteiger partial charge in [-0.2, -0.15) is 5.26 Å². The van der Waals surface area contributed by atoms with E-state index in [1.165, 1.54) is 0 Å². The van der Waals surface area contributed by atoms with E-state index in [1.54, 1.807) is 0 Å². The fourth-order valence-corrected chi connectivity index (χ4v) is 3.22. The predicted molar refractivity (Wildman–Crippen MR) is 82.1 cm³/mol. The van der Waals surface area contributed by atoms with Gasteiger partial charge in [0.05, 0.1) is 17.1 Å². The number of unbranched alkanes of at least 4 members (excludes halogenated alkanes) is 1. The number of hydrogen-bond donors (Lipinski definition) is 1. The molecule has 0 bridgehead atoms. The number of imidazole rings is 1. The number of nitrogens with zero attached hydrogens (tertiary/aromatic N) is 3. The molecule has 1 aromatic carbocycles. The Morgan fingerprint density at radius 2 is 2.05 bits per heavy atom. The maximum atomic E-state index is 12.2. The van der Waals surface area contributed by atoms with Gasteiger partial charge in [0.2, 0.25) is 0 Å². The van der Waals surface area contributed by atoms with Crippen molar-refractivity contribution in [2.24, 2.45) is 0 Å². The van der Waals surface area contributed by atoms with Gasteiger partial charge in [0, 0.05) is 25.6 Å². The minimum atomic E-state index is -0.000805. The minimum absolute atomic E-state index is 0.000805. The first-order valence-corrected chi connectivity index (χ1v) is 7.58. The Morgan fingerprint density at radius 3 is 2.81 bits per heavy atom. The molecule has 5 nitrogen and oxygen atoms in total. The molecule has 110 valence electrons. The normalized spacial score (nSPS) is 17.1. The lowest BCUT2D eigenvalue weighted by Gasteiger charge is -2.32. The van der Waals surface area contributed by atoms with E-state index in [0.29, 0.717) is 6.42 Å². The van der Waals surface area contributed by atoms with Gasteiger partial charge in [0.25, 0.3) is 0 Å². The topological polar surface area (TPSA) is 64.8 Å². The Balaban J connectivity index is 1.70. The lowest BCUT2D eigenvalue weighted by molar-refractivity contribution is 0.185. The summed E-state index contributed by atoms with van der Waals surface area (Å²) in [7, 11) is 0. The third-order valence-electron chi connectivity index (χ3n) is 4.31. The van der Waals surface area contributed by atoms with Gasteiger partial charge in [-0.3, -0.25) is 4.57 Å². The molecule has 21 heavy (non-hydrogen) atoms. The Morgan fingerprint density at radius 1 is 1.29 bits per heavy atom. The van der Waals surface area contributed by atoms with Crippen LogP contribution in [0, 0.1) is 11.3 Å². The maximum absolute atomic E-state index is 12.2. The van der Waals surface area contributed by atoms with Crippen molar-refractivity contribution < 1.29 is 0 Å². The smallest absolute Gasteiger partial charge is 0.306 e. The van der Waals surface area contributed by atoms with Crippen molar-refractivity contribution in [1.29, 1.82) is 5.26 Å². The molecule has 3 rings (SSSR count). The number of nitrogens with one attached hydrogen (secondary N) is 1. The first-order valence-electron chi connectivity index (χ1n) is 7.58. The van der Waals surface area contributed by atoms with Crippen LogP contribution in [0.1, 0.15) is 31.7 Å². The van der Waals surface area contributed by atoms with Gasteiger partial charge in [-0.05, 0) is 37.9 Å². The highest BCUT2D eigenvalue weighted by Crippen LogP contribution is 2.24. The molecular weight excluding hydrogens is 264 g/mol. The zero-order chi connectivity index (χ0) is 14.7. The summed E-state index contributed by atoms with van der Waals surface area (Å²) in [5.41, 5.74) is 1.92. The number of aromatic amines is 1. The third kappa shape index (κ3) is 2.86. The fourth-order valence-electron chi connectivity index (χ4n) is 3.22. The van der Waals surface area contributed by atoms with Gasteiger partial charge in [-0.1, -0.05) is 12.1 Å². The SMILES string of the molecule is N#CCCCN1CCC(n2c(=O)[nH]c3ccccc32)CC1. The van der Waals surface area contributed by atoms with Crippen LogP contribution in [0.4, 0.5) is 0 Å². The van der Waals surface area contributed by atoms with Crippen LogP contribution >= 0.6 is 0 Å². The fraction of sp³-hybridized carbons (Fsp3) is 0.500. The van der Waals surface area contributed by atoms with E-state index in [1.807, 2.05) is 28.8 Å². The van der Waals surface area contributed by atoms with E-state index in [0.717, 1.165) is 49.9 Å². The Labute approximate surface area is 123 Å². The van der Waals surface area contributed by atoms with Gasteiger partial charge in [-0.15, -0.1) is 0 Å². The molecule has 1 aliphatic heterocycles. The summed E-state index contributed by atoms with van der Waals surface area (Å²) in [5, 5.41) is 8.58. The van der Waals surface area contributed by atoms with Crippen molar-refractivity contribution in [1.82, 2.24) is 14.5 Å². The van der Waals surface area contributed by atoms with E-state index in [-0.39, 0.29) is 11.7 Å². The number of H-pyrrole nitrogens is 1. The van der Waals surface area contributed by atoms with Crippen LogP contribution in [-0.4, -0.2) is 34.1 Å². The minimum Gasteiger partial charge on any atom is -0.306 e. The lowest BCUT2D eigenvalue weighted by Crippen LogP contribution is -2.37. The molecule has 1 N–H and O–H groups in total. The number of piperidine rings is 1. The Hall–Kier alpha value is -2.06. The van der Waals surface area contributed by atoms with Gasteiger partial charge < -0.3 is 9.88 Å². The molecule has 1 saturated heterocycles. The number of fused-ring (bicyclic) bond motifs is 1. The molecule has 0 saturated carbocycles. The molecule has 0 spiro atoms. The van der Waals surface area contributed by atoms with Crippen LogP contribution in [-0.2, 0) is 0 Å². The van der Waals surface area contributed by atoms with Gasteiger partial charge in [0.1, 0.15) is 0 Å². The van der Waals surface area contributed by atoms with Crippen LogP contribution in [0.2, 0.25) is 0 Å². The number of benzene rings is 1. The highest BCUT2D eigenvalue weighted by atomic mass is 16.1. The molecule has 0 aliphatic carbocycles. The van der Waals surface area contributed by atoms with Crippen molar-refractivity contribution in [2.75, 3.05) is 19.6 Å². The zero-order valence-corrected chi connectivity index (χ0v) is 12.1. The second-order valence-corrected chi connectivity index (χ2v) is 5.65. The first kappa shape index (κ1) is 13.9. The van der Waals surface area contributed by atoms with Gasteiger partial charge in [-0.25, -0.2) is 4.79 Å². The second-order valence-electron chi connectivity index (χ2n) is 5.65. The average Bonchev–Trinajstić information content (AvgIpc) is 2.84. The van der Waals surface area contributed by atoms with Crippen LogP contribution in [0.25, 0.3) is 11.0 Å². The molecule has 0 atom stereocenters. The molecule has 0 unspecified atom stereocenters. The standard InChI is InChI=1S/C16H20N4O/c17-9-3-4-10-19-11-7-13(8-12-19)20-15-6-2-1-5-14(15)18-16(20)21/h1-2,5-6,13H,3-4,7-8,10-12H2,(H,18,21). The predicted octanol–water partition coefficient (Wildman–Crippen LogP) is 2.27. The molecule has 1 fully saturated rings. The number of aromatic nitrogens is 2. The van der Waals surface area contributed by atoms with Crippen LogP contribution in [0.5, 0.6) is 0 Å². The number of para-hydroxylation sites is 2. The highest BCUT2D eigenvalue weighted by Gasteiger charge is 2.23. The average molecular weight is 284 g/mol. The Bertz CT molecular complexity index is 701. The number of hydrogen-bond acceptors (Lipinski definition) is 3. The molecule has 1 aliphatic rings. The summed E-state index contributed by atoms with van der Waals surface area (Å²) in [6.07, 6.45) is 3.55. The molecule has 0 radical (unpaired) electrons. The van der Waals surface area contributed by atoms with Gasteiger partial charge >= 0.3 is 5.69 Å². The van der Waals surface area contributed by atoms with Crippen LogP contribution in [0.15, 0.2) is 29.1 Å². The number of likely N-dealkylation sites (tertiary alicyclic amines) is 1. The van der Waals surface area contributed by atoms with Crippen LogP contribution < -0.4 is 5.69 Å². The van der Waals surface area contributed by atoms with Crippen molar-refractivity contribution in [3.8, 4) is 6.07 Å². The van der Waals surface area contributed by atoms with Crippen molar-refractivity contribution in [3.63, 3.8) is 0 Å². The van der Waals surface area contributed by atoms with Crippen molar-refractivity contribution >= 4 is 11.0 Å². The second kappa shape index (κ2) is 6.15. The van der Waals surface area contributed by atoms with Crippen molar-refractivity contribution in [3.05, 3.63) is 34.7 Å². The van der Waals surface area contributed by atoms with Crippen molar-refractivity contribution in [2.45, 2.75) is 31.7 Å². The molecule has 1 aromatic heterocycles. The summed E-state index contributed by atoms with van der Waals surface area (Å²) >= 11 is 0. The summed E-state index contributed by atoms with van der Waals surface area (Å²) < 4.78 is 1.92. The quantitative estimate of drug-likeness (QED) is 0.876. The third-order valence-corrected chi connectivity index (χ3v) is 4.31. The monoisotopic (exact) mass is 284 g/mol. The summed E-state index contributed by atoms with van der Waals surface area (Å²) in [6, 6.07) is 10.3. The maximum Gasteiger partial charge on any atom is 0.326 e. The summed E-state index contributed by atoms with van der Waals surface area (Å²) in [5.74, 6) is 0. The molecule has 5 heteroatoms. The Kier molecular flexibility index (Phi) is 4.07. The molecule has 0 amide bonds. The molecule has 2 heterocycles. The molecular formula is C16H20N4O. The number of rotatable bonds is 4. The van der Waals surface area contributed by atoms with E-state index >= 15 is 0 Å². The zero-order valence-electron chi connectivity index (χ0n) is 12.1. The highest BCUT2D eigenvalue weighted by molar-refractivity contribution is 5.75. The lowest BCUT2D eigenvalue weighted by atomic mass is 10.0. The van der Waals surface area contributed by atoms with Gasteiger partial charge in [0.15, 0.2) is 0 Å². The number of nitriles is 1. The largest absolute Gasteiger partial charge is 0.326 e. The van der Waals surface area contributed by atoms with Crippen LogP contribution in [0.3, 0.4) is 0 Å². The molecule has 2 aromatic rings. The first-order chi connectivity index (χ1) is 10.3. The van der Waals surface area contributed by atoms with E-state index in [9.17, 15) is 4.79 Å². The van der Waals surface area contributed by atoms with E-state index < -0.39 is 0 Å². The summed E-state index contributed by atoms with van der Waals surface area (Å²) in [4.78, 5) is 17.5.